The predicted octanol–water partition coefficient (Wildman–Crippen LogP) is 3.15. The summed E-state index contributed by atoms with van der Waals surface area (Å²) in [6, 6.07) is 0. The van der Waals surface area contributed by atoms with Crippen molar-refractivity contribution in [1.29, 1.82) is 0 Å². The summed E-state index contributed by atoms with van der Waals surface area (Å²) in [4.78, 5) is 18.4. The van der Waals surface area contributed by atoms with Crippen LogP contribution in [0.2, 0.25) is 0 Å². The van der Waals surface area contributed by atoms with E-state index in [0.717, 1.165) is 42.9 Å². The van der Waals surface area contributed by atoms with E-state index < -0.39 is 0 Å². The van der Waals surface area contributed by atoms with Crippen molar-refractivity contribution in [1.82, 2.24) is 40.2 Å². The molecule has 0 amide bonds. The SMILES string of the molecule is Cc1nc(-c2c(-c3nn(C(C)(C)C)c4ncnc(N)c34)noc2C2CC2)ncc1C1CNC1. The first-order valence-electron chi connectivity index (χ1n) is 11.4. The number of nitrogens with zero attached hydrogens (tertiary/aromatic N) is 7. The van der Waals surface area contributed by atoms with Gasteiger partial charge in [-0.15, -0.1) is 0 Å². The number of fused-ring (bicyclic) bond motifs is 1. The Morgan fingerprint density at radius 1 is 1.09 bits per heavy atom. The van der Waals surface area contributed by atoms with E-state index >= 15 is 0 Å². The Balaban J connectivity index is 1.58. The van der Waals surface area contributed by atoms with Crippen LogP contribution in [0.5, 0.6) is 0 Å². The minimum absolute atomic E-state index is 0.313. The zero-order valence-corrected chi connectivity index (χ0v) is 19.3. The molecule has 4 aromatic heterocycles. The summed E-state index contributed by atoms with van der Waals surface area (Å²) in [5, 5.41) is 13.4. The second-order valence-electron chi connectivity index (χ2n) is 10.0. The van der Waals surface area contributed by atoms with Gasteiger partial charge in [0.15, 0.2) is 17.2 Å². The Morgan fingerprint density at radius 3 is 2.52 bits per heavy atom. The van der Waals surface area contributed by atoms with Gasteiger partial charge in [-0.3, -0.25) is 0 Å². The summed E-state index contributed by atoms with van der Waals surface area (Å²) in [5.41, 5.74) is 10.8. The van der Waals surface area contributed by atoms with Crippen molar-refractivity contribution in [3.05, 3.63) is 29.5 Å². The van der Waals surface area contributed by atoms with Crippen LogP contribution < -0.4 is 11.1 Å². The van der Waals surface area contributed by atoms with E-state index in [2.05, 4.69) is 41.2 Å². The van der Waals surface area contributed by atoms with Crippen LogP contribution >= 0.6 is 0 Å². The fraction of sp³-hybridized carbons (Fsp3) is 0.478. The maximum atomic E-state index is 6.32. The molecular weight excluding hydrogens is 418 g/mol. The molecule has 1 saturated heterocycles. The molecule has 1 aliphatic carbocycles. The highest BCUT2D eigenvalue weighted by atomic mass is 16.5. The number of anilines is 1. The average molecular weight is 446 g/mol. The smallest absolute Gasteiger partial charge is 0.165 e. The van der Waals surface area contributed by atoms with Crippen molar-refractivity contribution in [3.8, 4) is 22.8 Å². The normalized spacial score (nSPS) is 17.0. The number of hydrogen-bond donors (Lipinski definition) is 2. The van der Waals surface area contributed by atoms with E-state index in [1.165, 1.54) is 11.9 Å². The van der Waals surface area contributed by atoms with Gasteiger partial charge in [0.2, 0.25) is 0 Å². The van der Waals surface area contributed by atoms with Gasteiger partial charge in [0, 0.05) is 36.8 Å². The van der Waals surface area contributed by atoms with E-state index in [1.54, 1.807) is 0 Å². The van der Waals surface area contributed by atoms with Gasteiger partial charge in [-0.05, 0) is 46.1 Å². The van der Waals surface area contributed by atoms with Crippen LogP contribution in [0.25, 0.3) is 33.8 Å². The van der Waals surface area contributed by atoms with E-state index in [4.69, 9.17) is 25.3 Å². The molecule has 170 valence electrons. The number of nitrogens with two attached hydrogens (primary N) is 1. The van der Waals surface area contributed by atoms with Crippen molar-refractivity contribution in [2.45, 2.75) is 57.9 Å². The quantitative estimate of drug-likeness (QED) is 0.486. The predicted molar refractivity (Wildman–Crippen MR) is 124 cm³/mol. The number of hydrogen-bond acceptors (Lipinski definition) is 9. The monoisotopic (exact) mass is 445 g/mol. The fourth-order valence-electron chi connectivity index (χ4n) is 4.42. The highest BCUT2D eigenvalue weighted by molar-refractivity contribution is 6.00. The summed E-state index contributed by atoms with van der Waals surface area (Å²) in [6.45, 7) is 10.2. The lowest BCUT2D eigenvalue weighted by Crippen LogP contribution is -2.40. The summed E-state index contributed by atoms with van der Waals surface area (Å²) in [5.74, 6) is 2.57. The first-order chi connectivity index (χ1) is 15.8. The highest BCUT2D eigenvalue weighted by Crippen LogP contribution is 2.48. The fourth-order valence-corrected chi connectivity index (χ4v) is 4.42. The van der Waals surface area contributed by atoms with E-state index in [-0.39, 0.29) is 5.54 Å². The van der Waals surface area contributed by atoms with Crippen LogP contribution in [0.15, 0.2) is 17.0 Å². The molecule has 6 rings (SSSR count). The lowest BCUT2D eigenvalue weighted by atomic mass is 9.94. The summed E-state index contributed by atoms with van der Waals surface area (Å²) >= 11 is 0. The van der Waals surface area contributed by atoms with Gasteiger partial charge in [0.1, 0.15) is 23.5 Å². The molecule has 1 aliphatic heterocycles. The molecular formula is C23H27N9O. The first kappa shape index (κ1) is 20.2. The van der Waals surface area contributed by atoms with E-state index in [0.29, 0.717) is 45.9 Å². The molecule has 0 spiro atoms. The van der Waals surface area contributed by atoms with Gasteiger partial charge >= 0.3 is 0 Å². The van der Waals surface area contributed by atoms with Gasteiger partial charge in [0.25, 0.3) is 0 Å². The van der Waals surface area contributed by atoms with Gasteiger partial charge in [0.05, 0.1) is 16.5 Å². The summed E-state index contributed by atoms with van der Waals surface area (Å²) in [7, 11) is 0. The lowest BCUT2D eigenvalue weighted by molar-refractivity contribution is 0.365. The third-order valence-corrected chi connectivity index (χ3v) is 6.48. The van der Waals surface area contributed by atoms with Crippen LogP contribution in [0.3, 0.4) is 0 Å². The molecule has 2 aliphatic rings. The third kappa shape index (κ3) is 3.19. The number of aromatic nitrogens is 7. The third-order valence-electron chi connectivity index (χ3n) is 6.48. The molecule has 1 saturated carbocycles. The zero-order chi connectivity index (χ0) is 22.9. The number of nitrogen functional groups attached to an aromatic ring is 1. The van der Waals surface area contributed by atoms with Crippen molar-refractivity contribution >= 4 is 16.9 Å². The minimum Gasteiger partial charge on any atom is -0.383 e. The molecule has 5 heterocycles. The Bertz CT molecular complexity index is 1370. The lowest BCUT2D eigenvalue weighted by Gasteiger charge is -2.28. The summed E-state index contributed by atoms with van der Waals surface area (Å²) in [6.07, 6.45) is 5.54. The molecule has 0 radical (unpaired) electrons. The highest BCUT2D eigenvalue weighted by Gasteiger charge is 2.37. The topological polar surface area (TPSA) is 133 Å². The van der Waals surface area contributed by atoms with Gasteiger partial charge in [-0.2, -0.15) is 5.10 Å². The number of rotatable bonds is 4. The molecule has 0 atom stereocenters. The van der Waals surface area contributed by atoms with Crippen LogP contribution in [0, 0.1) is 6.92 Å². The Hall–Kier alpha value is -3.40. The standard InChI is InChI=1S/C23H27N9O/c1-11-14(13-7-25-8-13)9-26-21(29-11)15-18(31-33-19(15)12-5-6-12)17-16-20(24)27-10-28-22(16)32(30-17)23(2,3)4/h9-10,12-13,25H,5-8H2,1-4H3,(H2,24,27,28). The molecule has 4 aromatic rings. The molecule has 10 heteroatoms. The van der Waals surface area contributed by atoms with Crippen molar-refractivity contribution in [3.63, 3.8) is 0 Å². The zero-order valence-electron chi connectivity index (χ0n) is 19.3. The Kier molecular flexibility index (Phi) is 4.32. The summed E-state index contributed by atoms with van der Waals surface area (Å²) < 4.78 is 7.76. The number of aryl methyl sites for hydroxylation is 1. The first-order valence-corrected chi connectivity index (χ1v) is 11.4. The molecule has 33 heavy (non-hydrogen) atoms. The largest absolute Gasteiger partial charge is 0.383 e. The molecule has 10 nitrogen and oxygen atoms in total. The van der Waals surface area contributed by atoms with E-state index in [1.807, 2.05) is 17.8 Å². The second-order valence-corrected chi connectivity index (χ2v) is 10.0. The van der Waals surface area contributed by atoms with Crippen molar-refractivity contribution < 1.29 is 4.52 Å². The van der Waals surface area contributed by atoms with Crippen LogP contribution in [0.1, 0.15) is 62.5 Å². The van der Waals surface area contributed by atoms with Crippen LogP contribution in [-0.4, -0.2) is 48.0 Å². The second kappa shape index (κ2) is 7.05. The Morgan fingerprint density at radius 2 is 1.88 bits per heavy atom. The van der Waals surface area contributed by atoms with Gasteiger partial charge in [-0.25, -0.2) is 24.6 Å². The molecule has 2 fully saturated rings. The molecule has 3 N–H and O–H groups in total. The average Bonchev–Trinajstić information content (AvgIpc) is 3.34. The molecule has 0 unspecified atom stereocenters. The van der Waals surface area contributed by atoms with Crippen molar-refractivity contribution in [2.75, 3.05) is 18.8 Å². The van der Waals surface area contributed by atoms with Crippen molar-refractivity contribution in [2.24, 2.45) is 0 Å². The molecule has 0 bridgehead atoms. The van der Waals surface area contributed by atoms with Crippen LogP contribution in [-0.2, 0) is 5.54 Å². The van der Waals surface area contributed by atoms with Crippen LogP contribution in [0.4, 0.5) is 5.82 Å². The van der Waals surface area contributed by atoms with E-state index in [9.17, 15) is 0 Å². The Labute approximate surface area is 191 Å². The van der Waals surface area contributed by atoms with Gasteiger partial charge < -0.3 is 15.6 Å². The molecule has 0 aromatic carbocycles. The number of nitrogens with one attached hydrogen (secondary N) is 1. The maximum Gasteiger partial charge on any atom is 0.165 e. The van der Waals surface area contributed by atoms with Gasteiger partial charge in [-0.1, -0.05) is 5.16 Å². The minimum atomic E-state index is -0.313. The maximum absolute atomic E-state index is 6.32.